The second kappa shape index (κ2) is 14.7. The second-order valence-corrected chi connectivity index (χ2v) is 11.3. The number of benzene rings is 3. The van der Waals surface area contributed by atoms with Gasteiger partial charge in [0.25, 0.3) is 0 Å². The Morgan fingerprint density at radius 2 is 1.34 bits per heavy atom. The first-order chi connectivity index (χ1) is 19.5. The highest BCUT2D eigenvalue weighted by atomic mass is 32.2. The predicted molar refractivity (Wildman–Crippen MR) is 156 cm³/mol. The summed E-state index contributed by atoms with van der Waals surface area (Å²) in [6, 6.07) is 21.7. The Balaban J connectivity index is 1.75. The van der Waals surface area contributed by atoms with Gasteiger partial charge >= 0.3 is 0 Å². The highest BCUT2D eigenvalue weighted by molar-refractivity contribution is 7.88. The Kier molecular flexibility index (Phi) is 11.1. The zero-order valence-electron chi connectivity index (χ0n) is 22.4. The minimum atomic E-state index is -3.95. The van der Waals surface area contributed by atoms with Gasteiger partial charge in [-0.25, -0.2) is 13.1 Å². The fourth-order valence-electron chi connectivity index (χ4n) is 4.03. The molecule has 0 aliphatic carbocycles. The number of primary amides is 1. The predicted octanol–water partition coefficient (Wildman–Crippen LogP) is 1.07. The number of carbonyl (C=O) groups excluding carboxylic acids is 3. The number of hydrogen-bond donors (Lipinski definition) is 6. The number of amidine groups is 1. The van der Waals surface area contributed by atoms with Crippen molar-refractivity contribution in [3.05, 3.63) is 107 Å². The molecule has 11 nitrogen and oxygen atoms in total. The highest BCUT2D eigenvalue weighted by Gasteiger charge is 2.29. The Morgan fingerprint density at radius 3 is 1.90 bits per heavy atom. The normalized spacial score (nSPS) is 12.6. The smallest absolute Gasteiger partial charge is 0.242 e. The zero-order chi connectivity index (χ0) is 29.8. The van der Waals surface area contributed by atoms with Crippen molar-refractivity contribution < 1.29 is 22.8 Å². The van der Waals surface area contributed by atoms with Gasteiger partial charge in [-0.3, -0.25) is 19.8 Å². The molecule has 0 aliphatic heterocycles. The summed E-state index contributed by atoms with van der Waals surface area (Å²) in [4.78, 5) is 38.0. The number of amides is 3. The Morgan fingerprint density at radius 1 is 0.756 bits per heavy atom. The highest BCUT2D eigenvalue weighted by Crippen LogP contribution is 2.10. The van der Waals surface area contributed by atoms with Crippen molar-refractivity contribution in [3.63, 3.8) is 0 Å². The molecule has 0 radical (unpaired) electrons. The molecule has 0 heterocycles. The molecule has 8 N–H and O–H groups in total. The number of nitrogen functional groups attached to an aromatic ring is 1. The quantitative estimate of drug-likeness (QED) is 0.115. The van der Waals surface area contributed by atoms with Gasteiger partial charge in [-0.15, -0.1) is 0 Å². The lowest BCUT2D eigenvalue weighted by molar-refractivity contribution is -0.130. The van der Waals surface area contributed by atoms with E-state index in [2.05, 4.69) is 15.4 Å². The number of nitrogens with one attached hydrogen (secondary N) is 4. The van der Waals surface area contributed by atoms with E-state index >= 15 is 0 Å². The molecule has 0 aromatic heterocycles. The monoisotopic (exact) mass is 578 g/mol. The van der Waals surface area contributed by atoms with Crippen molar-refractivity contribution in [1.82, 2.24) is 15.4 Å². The van der Waals surface area contributed by atoms with Gasteiger partial charge in [0.1, 0.15) is 17.9 Å². The summed E-state index contributed by atoms with van der Waals surface area (Å²) < 4.78 is 28.5. The number of hydrogen-bond acceptors (Lipinski definition) is 6. The van der Waals surface area contributed by atoms with E-state index in [9.17, 15) is 22.8 Å². The van der Waals surface area contributed by atoms with Crippen LogP contribution in [0, 0.1) is 5.41 Å². The van der Waals surface area contributed by atoms with Crippen LogP contribution in [0.5, 0.6) is 0 Å². The Bertz CT molecular complexity index is 1450. The lowest BCUT2D eigenvalue weighted by atomic mass is 10.0. The summed E-state index contributed by atoms with van der Waals surface area (Å²) in [6.45, 7) is 0.108. The Labute approximate surface area is 239 Å². The van der Waals surface area contributed by atoms with E-state index in [1.54, 1.807) is 84.9 Å². The van der Waals surface area contributed by atoms with E-state index in [0.717, 1.165) is 5.56 Å². The van der Waals surface area contributed by atoms with Gasteiger partial charge in [0.2, 0.25) is 27.7 Å². The summed E-state index contributed by atoms with van der Waals surface area (Å²) in [5.74, 6) is -2.36. The number of sulfonamides is 1. The van der Waals surface area contributed by atoms with Gasteiger partial charge in [0.05, 0.1) is 5.75 Å². The number of rotatable bonds is 15. The molecule has 3 rings (SSSR count). The molecule has 3 aromatic rings. The topological polar surface area (TPSA) is 197 Å². The maximum Gasteiger partial charge on any atom is 0.242 e. The minimum absolute atomic E-state index is 0.0351. The summed E-state index contributed by atoms with van der Waals surface area (Å²) >= 11 is 0. The largest absolute Gasteiger partial charge is 0.384 e. The molecule has 0 fully saturated rings. The molecule has 0 saturated carbocycles. The van der Waals surface area contributed by atoms with Crippen molar-refractivity contribution in [2.45, 2.75) is 43.6 Å². The lowest BCUT2D eigenvalue weighted by Gasteiger charge is -2.23. The molecule has 3 aromatic carbocycles. The lowest BCUT2D eigenvalue weighted by Crippen LogP contribution is -2.54. The molecule has 216 valence electrons. The van der Waals surface area contributed by atoms with E-state index < -0.39 is 39.8 Å². The van der Waals surface area contributed by atoms with Crippen LogP contribution in [0.25, 0.3) is 0 Å². The van der Waals surface area contributed by atoms with Gasteiger partial charge in [-0.2, -0.15) is 0 Å². The van der Waals surface area contributed by atoms with Gasteiger partial charge in [-0.05, 0) is 29.5 Å². The molecular weight excluding hydrogens is 544 g/mol. The number of nitrogens with two attached hydrogens (primary N) is 2. The molecule has 2 atom stereocenters. The first-order valence-corrected chi connectivity index (χ1v) is 14.5. The van der Waals surface area contributed by atoms with Crippen molar-refractivity contribution in [2.75, 3.05) is 0 Å². The van der Waals surface area contributed by atoms with E-state index in [1.165, 1.54) is 0 Å². The van der Waals surface area contributed by atoms with E-state index in [0.29, 0.717) is 16.7 Å². The van der Waals surface area contributed by atoms with Crippen LogP contribution in [-0.4, -0.2) is 44.1 Å². The van der Waals surface area contributed by atoms with Crippen molar-refractivity contribution >= 4 is 33.6 Å². The average Bonchev–Trinajstić information content (AvgIpc) is 2.94. The van der Waals surface area contributed by atoms with Crippen molar-refractivity contribution in [2.24, 2.45) is 11.5 Å². The van der Waals surface area contributed by atoms with Crippen LogP contribution in [0.2, 0.25) is 0 Å². The van der Waals surface area contributed by atoms with E-state index in [-0.39, 0.29) is 37.4 Å². The summed E-state index contributed by atoms with van der Waals surface area (Å²) in [5.41, 5.74) is 13.3. The van der Waals surface area contributed by atoms with Gasteiger partial charge < -0.3 is 22.1 Å². The van der Waals surface area contributed by atoms with Crippen LogP contribution < -0.4 is 26.8 Å². The standard InChI is InChI=1S/C29H34N6O5S/c30-26(36)16-15-24(28(37)33-18-21-11-13-23(14-12-21)27(31)32)34-29(38)25(17-20-7-3-1-4-8-20)35-41(39,40)19-22-9-5-2-6-10-22/h1-14,24-25,35H,15-19H2,(H2,30,36)(H3,31,32)(H,33,37)(H,34,38)/t24-,25+/m0/s1. The summed E-state index contributed by atoms with van der Waals surface area (Å²) in [7, 11) is -3.95. The van der Waals surface area contributed by atoms with Crippen LogP contribution >= 0.6 is 0 Å². The SMILES string of the molecule is N=C(N)c1ccc(CNC(=O)[C@H](CCC(N)=O)NC(=O)[C@@H](Cc2ccccc2)NS(=O)(=O)Cc2ccccc2)cc1. The molecule has 0 spiro atoms. The summed E-state index contributed by atoms with van der Waals surface area (Å²) in [5, 5.41) is 12.8. The van der Waals surface area contributed by atoms with Gasteiger partial charge in [-0.1, -0.05) is 84.9 Å². The molecule has 0 unspecified atom stereocenters. The third-order valence-corrected chi connectivity index (χ3v) is 7.52. The third-order valence-electron chi connectivity index (χ3n) is 6.16. The van der Waals surface area contributed by atoms with Crippen LogP contribution in [0.3, 0.4) is 0 Å². The van der Waals surface area contributed by atoms with Gasteiger partial charge in [0.15, 0.2) is 0 Å². The van der Waals surface area contributed by atoms with E-state index in [4.69, 9.17) is 16.9 Å². The molecule has 0 aliphatic rings. The molecule has 0 saturated heterocycles. The van der Waals surface area contributed by atoms with E-state index in [1.807, 2.05) is 0 Å². The Hall–Kier alpha value is -4.55. The zero-order valence-corrected chi connectivity index (χ0v) is 23.2. The maximum atomic E-state index is 13.4. The van der Waals surface area contributed by atoms with Crippen LogP contribution in [0.15, 0.2) is 84.9 Å². The fraction of sp³-hybridized carbons (Fsp3) is 0.241. The summed E-state index contributed by atoms with van der Waals surface area (Å²) in [6.07, 6.45) is -0.215. The molecule has 12 heteroatoms. The first-order valence-electron chi connectivity index (χ1n) is 12.9. The van der Waals surface area contributed by atoms with Crippen molar-refractivity contribution in [3.8, 4) is 0 Å². The maximum absolute atomic E-state index is 13.4. The number of carbonyl (C=O) groups is 3. The van der Waals surface area contributed by atoms with Gasteiger partial charge in [0, 0.05) is 18.5 Å². The van der Waals surface area contributed by atoms with Crippen LogP contribution in [0.4, 0.5) is 0 Å². The molecule has 0 bridgehead atoms. The first kappa shape index (κ1) is 31.0. The third kappa shape index (κ3) is 10.5. The minimum Gasteiger partial charge on any atom is -0.384 e. The van der Waals surface area contributed by atoms with Crippen LogP contribution in [0.1, 0.15) is 35.1 Å². The molecular formula is C29H34N6O5S. The molecule has 41 heavy (non-hydrogen) atoms. The molecule has 3 amide bonds. The fourth-order valence-corrected chi connectivity index (χ4v) is 5.37. The second-order valence-electron chi connectivity index (χ2n) is 9.50. The van der Waals surface area contributed by atoms with Crippen LogP contribution in [-0.2, 0) is 43.1 Å². The average molecular weight is 579 g/mol. The van der Waals surface area contributed by atoms with Crippen molar-refractivity contribution in [1.29, 1.82) is 5.41 Å².